The fraction of sp³-hybridized carbons (Fsp3) is 0.900. The Labute approximate surface area is 76.6 Å². The second kappa shape index (κ2) is 3.92. The van der Waals surface area contributed by atoms with Crippen molar-refractivity contribution in [2.75, 3.05) is 7.05 Å². The molecule has 2 heteroatoms. The van der Waals surface area contributed by atoms with Crippen LogP contribution in [0.25, 0.3) is 0 Å². The molecule has 12 heavy (non-hydrogen) atoms. The molecule has 0 aliphatic carbocycles. The van der Waals surface area contributed by atoms with Crippen LogP contribution in [0, 0.1) is 5.41 Å². The summed E-state index contributed by atoms with van der Waals surface area (Å²) in [4.78, 5) is 0. The maximum absolute atomic E-state index is 4.50. The molecule has 0 radical (unpaired) electrons. The Morgan fingerprint density at radius 3 is 1.92 bits per heavy atom. The zero-order valence-corrected chi connectivity index (χ0v) is 9.47. The van der Waals surface area contributed by atoms with Gasteiger partial charge >= 0.3 is 0 Å². The molecule has 0 aromatic rings. The normalized spacial score (nSPS) is 13.8. The summed E-state index contributed by atoms with van der Waals surface area (Å²) in [6.07, 6.45) is 0. The largest absolute Gasteiger partial charge is 0.298 e. The minimum Gasteiger partial charge on any atom is -0.298 e. The Morgan fingerprint density at radius 2 is 1.67 bits per heavy atom. The van der Waals surface area contributed by atoms with Crippen LogP contribution >= 0.6 is 0 Å². The zero-order chi connectivity index (χ0) is 9.94. The fourth-order valence-corrected chi connectivity index (χ4v) is 0.502. The van der Waals surface area contributed by atoms with Crippen molar-refractivity contribution >= 4 is 5.71 Å². The first-order valence-electron chi connectivity index (χ1n) is 4.53. The van der Waals surface area contributed by atoms with Gasteiger partial charge in [-0.2, -0.15) is 5.10 Å². The van der Waals surface area contributed by atoms with Gasteiger partial charge < -0.3 is 0 Å². The Hall–Kier alpha value is -0.530. The van der Waals surface area contributed by atoms with Gasteiger partial charge in [-0.3, -0.25) is 5.01 Å². The van der Waals surface area contributed by atoms with Gasteiger partial charge in [0.1, 0.15) is 0 Å². The second-order valence-corrected chi connectivity index (χ2v) is 4.60. The van der Waals surface area contributed by atoms with E-state index in [0.29, 0.717) is 6.04 Å². The summed E-state index contributed by atoms with van der Waals surface area (Å²) >= 11 is 0. The van der Waals surface area contributed by atoms with Crippen molar-refractivity contribution in [1.82, 2.24) is 5.01 Å². The highest BCUT2D eigenvalue weighted by atomic mass is 15.4. The number of hydrogen-bond donors (Lipinski definition) is 0. The minimum atomic E-state index is 0.184. The Kier molecular flexibility index (Phi) is 3.75. The molecule has 0 atom stereocenters. The van der Waals surface area contributed by atoms with E-state index in [0.717, 1.165) is 0 Å². The molecule has 0 spiro atoms. The topological polar surface area (TPSA) is 15.6 Å². The summed E-state index contributed by atoms with van der Waals surface area (Å²) in [6, 6.07) is 0.474. The van der Waals surface area contributed by atoms with Crippen LogP contribution in [0.3, 0.4) is 0 Å². The average molecular weight is 170 g/mol. The minimum absolute atomic E-state index is 0.184. The number of nitrogens with zero attached hydrogens (tertiary/aromatic N) is 2. The van der Waals surface area contributed by atoms with Crippen molar-refractivity contribution in [2.45, 2.75) is 47.6 Å². The van der Waals surface area contributed by atoms with Crippen molar-refractivity contribution in [3.05, 3.63) is 0 Å². The molecule has 0 aliphatic rings. The average Bonchev–Trinajstić information content (AvgIpc) is 1.85. The molecule has 0 amide bonds. The first-order chi connectivity index (χ1) is 5.25. The number of hydrogen-bond acceptors (Lipinski definition) is 2. The highest BCUT2D eigenvalue weighted by Crippen LogP contribution is 2.16. The smallest absolute Gasteiger partial charge is 0.0411 e. The number of hydrazone groups is 1. The quantitative estimate of drug-likeness (QED) is 0.459. The summed E-state index contributed by atoms with van der Waals surface area (Å²) in [7, 11) is 2.01. The highest BCUT2D eigenvalue weighted by Gasteiger charge is 2.15. The van der Waals surface area contributed by atoms with Gasteiger partial charge in [0.25, 0.3) is 0 Å². The molecule has 0 bridgehead atoms. The van der Waals surface area contributed by atoms with Crippen LogP contribution < -0.4 is 0 Å². The molecular weight excluding hydrogens is 148 g/mol. The van der Waals surface area contributed by atoms with Crippen molar-refractivity contribution in [2.24, 2.45) is 10.5 Å². The van der Waals surface area contributed by atoms with E-state index in [2.05, 4.69) is 46.6 Å². The monoisotopic (exact) mass is 170 g/mol. The summed E-state index contributed by atoms with van der Waals surface area (Å²) in [5, 5.41) is 6.50. The van der Waals surface area contributed by atoms with Gasteiger partial charge in [-0.05, 0) is 20.8 Å². The lowest BCUT2D eigenvalue weighted by Gasteiger charge is -2.24. The van der Waals surface area contributed by atoms with Crippen LogP contribution in [-0.2, 0) is 0 Å². The highest BCUT2D eigenvalue weighted by molar-refractivity contribution is 5.86. The number of rotatable bonds is 2. The van der Waals surface area contributed by atoms with E-state index in [1.165, 1.54) is 5.71 Å². The lowest BCUT2D eigenvalue weighted by Crippen LogP contribution is -2.26. The van der Waals surface area contributed by atoms with E-state index in [-0.39, 0.29) is 5.41 Å². The molecule has 0 aromatic carbocycles. The van der Waals surface area contributed by atoms with E-state index in [1.54, 1.807) is 0 Å². The van der Waals surface area contributed by atoms with Gasteiger partial charge in [-0.1, -0.05) is 20.8 Å². The molecule has 0 rings (SSSR count). The van der Waals surface area contributed by atoms with Gasteiger partial charge in [0, 0.05) is 24.2 Å². The van der Waals surface area contributed by atoms with Gasteiger partial charge in [0.05, 0.1) is 0 Å². The second-order valence-electron chi connectivity index (χ2n) is 4.60. The Bertz CT molecular complexity index is 163. The predicted molar refractivity (Wildman–Crippen MR) is 55.5 cm³/mol. The van der Waals surface area contributed by atoms with Crippen molar-refractivity contribution in [1.29, 1.82) is 0 Å². The SMILES string of the molecule is C/C(=N\N(C)C(C)C)C(C)(C)C. The van der Waals surface area contributed by atoms with Crippen LogP contribution in [0.15, 0.2) is 5.10 Å². The molecule has 0 fully saturated rings. The fourth-order valence-electron chi connectivity index (χ4n) is 0.502. The molecule has 0 aliphatic heterocycles. The van der Waals surface area contributed by atoms with E-state index >= 15 is 0 Å². The standard InChI is InChI=1S/C10H22N2/c1-8(2)12(7)11-9(3)10(4,5)6/h8H,1-7H3/b11-9+. The first kappa shape index (κ1) is 11.5. The summed E-state index contributed by atoms with van der Waals surface area (Å²) < 4.78 is 0. The predicted octanol–water partition coefficient (Wildman–Crippen LogP) is 2.75. The van der Waals surface area contributed by atoms with Gasteiger partial charge in [-0.25, -0.2) is 0 Å². The zero-order valence-electron chi connectivity index (χ0n) is 9.47. The van der Waals surface area contributed by atoms with Gasteiger partial charge in [0.15, 0.2) is 0 Å². The lowest BCUT2D eigenvalue weighted by molar-refractivity contribution is 0.284. The molecule has 0 heterocycles. The first-order valence-corrected chi connectivity index (χ1v) is 4.53. The van der Waals surface area contributed by atoms with E-state index in [1.807, 2.05) is 12.1 Å². The molecule has 72 valence electrons. The van der Waals surface area contributed by atoms with Gasteiger partial charge in [-0.15, -0.1) is 0 Å². The third-order valence-corrected chi connectivity index (χ3v) is 2.14. The van der Waals surface area contributed by atoms with Crippen molar-refractivity contribution in [3.8, 4) is 0 Å². The van der Waals surface area contributed by atoms with E-state index in [9.17, 15) is 0 Å². The van der Waals surface area contributed by atoms with E-state index < -0.39 is 0 Å². The molecule has 0 N–H and O–H groups in total. The Morgan fingerprint density at radius 1 is 1.25 bits per heavy atom. The third-order valence-electron chi connectivity index (χ3n) is 2.14. The van der Waals surface area contributed by atoms with E-state index in [4.69, 9.17) is 0 Å². The van der Waals surface area contributed by atoms with Crippen LogP contribution in [0.1, 0.15) is 41.5 Å². The third kappa shape index (κ3) is 3.74. The molecule has 0 aromatic heterocycles. The van der Waals surface area contributed by atoms with Crippen LogP contribution in [0.2, 0.25) is 0 Å². The van der Waals surface area contributed by atoms with Crippen LogP contribution in [0.5, 0.6) is 0 Å². The molecule has 0 saturated carbocycles. The molecular formula is C10H22N2. The summed E-state index contributed by atoms with van der Waals surface area (Å²) in [6.45, 7) is 12.9. The van der Waals surface area contributed by atoms with Crippen LogP contribution in [-0.4, -0.2) is 23.8 Å². The van der Waals surface area contributed by atoms with Gasteiger partial charge in [0.2, 0.25) is 0 Å². The molecule has 0 unspecified atom stereocenters. The summed E-state index contributed by atoms with van der Waals surface area (Å²) in [5.74, 6) is 0. The molecule has 2 nitrogen and oxygen atoms in total. The Balaban J connectivity index is 4.36. The lowest BCUT2D eigenvalue weighted by atomic mass is 9.91. The molecule has 0 saturated heterocycles. The maximum atomic E-state index is 4.50. The van der Waals surface area contributed by atoms with Crippen molar-refractivity contribution in [3.63, 3.8) is 0 Å². The summed E-state index contributed by atoms with van der Waals surface area (Å²) in [5.41, 5.74) is 1.36. The maximum Gasteiger partial charge on any atom is 0.0411 e. The van der Waals surface area contributed by atoms with Crippen LogP contribution in [0.4, 0.5) is 0 Å². The van der Waals surface area contributed by atoms with Crippen molar-refractivity contribution < 1.29 is 0 Å².